The molecule has 0 heterocycles. The quantitative estimate of drug-likeness (QED) is 0.520. The summed E-state index contributed by atoms with van der Waals surface area (Å²) in [6.45, 7) is 11.7. The molecule has 0 rings (SSSR count). The highest BCUT2D eigenvalue weighted by Gasteiger charge is 2.28. The average molecular weight is 238 g/mol. The van der Waals surface area contributed by atoms with Gasteiger partial charge in [-0.15, -0.1) is 0 Å². The highest BCUT2D eigenvalue weighted by atomic mass is 31.2. The lowest BCUT2D eigenvalue weighted by atomic mass is 10.2. The fraction of sp³-hybridized carbons (Fsp3) is 1.00. The van der Waals surface area contributed by atoms with E-state index < -0.39 is 15.9 Å². The summed E-state index contributed by atoms with van der Waals surface area (Å²) in [4.78, 5) is 0. The topological polar surface area (TPSA) is 35.5 Å². The maximum atomic E-state index is 11.9. The molecule has 0 saturated heterocycles. The molecule has 0 fully saturated rings. The summed E-state index contributed by atoms with van der Waals surface area (Å²) >= 11 is 0. The lowest BCUT2D eigenvalue weighted by Gasteiger charge is -2.26. The van der Waals surface area contributed by atoms with E-state index in [1.807, 2.05) is 33.5 Å². The van der Waals surface area contributed by atoms with Crippen LogP contribution in [0.1, 0.15) is 26.7 Å². The van der Waals surface area contributed by atoms with Crippen LogP contribution in [-0.4, -0.2) is 21.1 Å². The van der Waals surface area contributed by atoms with Gasteiger partial charge in [0.1, 0.15) is 0 Å². The Bertz CT molecular complexity index is 209. The molecular weight excluding hydrogens is 215 g/mol. The maximum Gasteiger partial charge on any atom is 0.318 e. The molecule has 1 unspecified atom stereocenters. The van der Waals surface area contributed by atoms with Gasteiger partial charge in [0.25, 0.3) is 0 Å². The molecule has 0 radical (unpaired) electrons. The fourth-order valence-corrected chi connectivity index (χ4v) is 6.22. The molecule has 14 heavy (non-hydrogen) atoms. The molecule has 3 nitrogen and oxygen atoms in total. The highest BCUT2D eigenvalue weighted by molar-refractivity contribution is 7.54. The summed E-state index contributed by atoms with van der Waals surface area (Å²) in [6.07, 6.45) is 1.81. The zero-order valence-electron chi connectivity index (χ0n) is 10.2. The van der Waals surface area contributed by atoms with Crippen LogP contribution in [-0.2, 0) is 13.3 Å². The van der Waals surface area contributed by atoms with E-state index >= 15 is 0 Å². The zero-order valence-corrected chi connectivity index (χ0v) is 12.1. The van der Waals surface area contributed by atoms with E-state index in [9.17, 15) is 4.57 Å². The minimum absolute atomic E-state index is 0.0576. The Kier molecular flexibility index (Phi) is 5.59. The predicted molar refractivity (Wildman–Crippen MR) is 63.4 cm³/mol. The van der Waals surface area contributed by atoms with Crippen LogP contribution in [0.25, 0.3) is 0 Å². The maximum absolute atomic E-state index is 11.9. The van der Waals surface area contributed by atoms with Crippen molar-refractivity contribution in [3.63, 3.8) is 0 Å². The predicted octanol–water partition coefficient (Wildman–Crippen LogP) is 3.87. The van der Waals surface area contributed by atoms with Crippen molar-refractivity contribution >= 4 is 15.9 Å². The Morgan fingerprint density at radius 3 is 1.93 bits per heavy atom. The van der Waals surface area contributed by atoms with Gasteiger partial charge in [-0.05, 0) is 32.5 Å². The van der Waals surface area contributed by atoms with Crippen molar-refractivity contribution in [2.24, 2.45) is 0 Å². The fourth-order valence-electron chi connectivity index (χ4n) is 1.23. The molecule has 0 aromatic carbocycles. The van der Waals surface area contributed by atoms with E-state index in [1.165, 1.54) is 0 Å². The van der Waals surface area contributed by atoms with Crippen molar-refractivity contribution < 1.29 is 13.3 Å². The van der Waals surface area contributed by atoms with Gasteiger partial charge < -0.3 is 8.74 Å². The molecule has 0 N–H and O–H groups in total. The average Bonchev–Trinajstić information content (AvgIpc) is 1.95. The van der Waals surface area contributed by atoms with Crippen molar-refractivity contribution in [2.75, 3.05) is 6.66 Å². The lowest BCUT2D eigenvalue weighted by Crippen LogP contribution is -2.25. The Balaban J connectivity index is 4.26. The van der Waals surface area contributed by atoms with Crippen LogP contribution in [0.15, 0.2) is 0 Å². The SMILES string of the molecule is CCC(CC)OP(C)(=O)O[Si](C)(C)C. The second-order valence-electron chi connectivity index (χ2n) is 4.52. The van der Waals surface area contributed by atoms with Gasteiger partial charge in [-0.25, -0.2) is 0 Å². The summed E-state index contributed by atoms with van der Waals surface area (Å²) in [5.74, 6) is 0. The van der Waals surface area contributed by atoms with Crippen LogP contribution in [0.4, 0.5) is 0 Å². The molecule has 0 aromatic rings. The normalized spacial score (nSPS) is 17.1. The van der Waals surface area contributed by atoms with E-state index in [1.54, 1.807) is 6.66 Å². The van der Waals surface area contributed by atoms with Crippen molar-refractivity contribution in [1.82, 2.24) is 0 Å². The molecule has 1 atom stereocenters. The molecule has 0 bridgehead atoms. The van der Waals surface area contributed by atoms with E-state index in [-0.39, 0.29) is 6.10 Å². The molecule has 5 heteroatoms. The molecule has 0 aromatic heterocycles. The van der Waals surface area contributed by atoms with Crippen LogP contribution in [0.5, 0.6) is 0 Å². The number of hydrogen-bond donors (Lipinski definition) is 0. The molecule has 0 aliphatic heterocycles. The zero-order chi connectivity index (χ0) is 11.4. The number of hydrogen-bond acceptors (Lipinski definition) is 3. The summed E-state index contributed by atoms with van der Waals surface area (Å²) in [7, 11) is -4.61. The van der Waals surface area contributed by atoms with E-state index in [4.69, 9.17) is 8.74 Å². The molecule has 0 spiro atoms. The summed E-state index contributed by atoms with van der Waals surface area (Å²) < 4.78 is 23.0. The van der Waals surface area contributed by atoms with Crippen LogP contribution in [0.2, 0.25) is 19.6 Å². The molecule has 0 amide bonds. The van der Waals surface area contributed by atoms with Crippen LogP contribution < -0.4 is 0 Å². The third-order valence-corrected chi connectivity index (χ3v) is 5.89. The molecule has 0 aliphatic rings. The molecule has 0 aliphatic carbocycles. The van der Waals surface area contributed by atoms with E-state index in [0.29, 0.717) is 0 Å². The third kappa shape index (κ3) is 6.77. The van der Waals surface area contributed by atoms with Crippen molar-refractivity contribution in [2.45, 2.75) is 52.4 Å². The van der Waals surface area contributed by atoms with Gasteiger partial charge in [-0.2, -0.15) is 0 Å². The first-order chi connectivity index (χ1) is 6.20. The summed E-state index contributed by atoms with van der Waals surface area (Å²) in [5.41, 5.74) is 0. The highest BCUT2D eigenvalue weighted by Crippen LogP contribution is 2.48. The Hall–Kier alpha value is 0.367. The second kappa shape index (κ2) is 5.45. The molecular formula is C9H23O3PSi. The minimum Gasteiger partial charge on any atom is -0.351 e. The monoisotopic (exact) mass is 238 g/mol. The first-order valence-corrected chi connectivity index (χ1v) is 10.6. The van der Waals surface area contributed by atoms with Gasteiger partial charge in [0.05, 0.1) is 6.10 Å². The second-order valence-corrected chi connectivity index (χ2v) is 11.2. The molecule has 0 saturated carbocycles. The van der Waals surface area contributed by atoms with Gasteiger partial charge in [-0.1, -0.05) is 13.8 Å². The lowest BCUT2D eigenvalue weighted by molar-refractivity contribution is 0.171. The van der Waals surface area contributed by atoms with Crippen molar-refractivity contribution in [3.05, 3.63) is 0 Å². The van der Waals surface area contributed by atoms with Gasteiger partial charge in [-0.3, -0.25) is 4.57 Å². The minimum atomic E-state index is -2.84. The first kappa shape index (κ1) is 14.4. The first-order valence-electron chi connectivity index (χ1n) is 5.17. The Labute approximate surface area is 88.9 Å². The van der Waals surface area contributed by atoms with Gasteiger partial charge in [0.15, 0.2) is 8.32 Å². The number of rotatable bonds is 6. The van der Waals surface area contributed by atoms with Gasteiger partial charge >= 0.3 is 7.60 Å². The van der Waals surface area contributed by atoms with Crippen molar-refractivity contribution in [3.8, 4) is 0 Å². The Morgan fingerprint density at radius 1 is 1.21 bits per heavy atom. The van der Waals surface area contributed by atoms with Crippen LogP contribution in [0.3, 0.4) is 0 Å². The smallest absolute Gasteiger partial charge is 0.318 e. The van der Waals surface area contributed by atoms with Crippen LogP contribution in [0, 0.1) is 0 Å². The van der Waals surface area contributed by atoms with Gasteiger partial charge in [0, 0.05) is 6.66 Å². The largest absolute Gasteiger partial charge is 0.351 e. The van der Waals surface area contributed by atoms with Crippen molar-refractivity contribution in [1.29, 1.82) is 0 Å². The van der Waals surface area contributed by atoms with Gasteiger partial charge in [0.2, 0.25) is 0 Å². The van der Waals surface area contributed by atoms with E-state index in [0.717, 1.165) is 12.8 Å². The summed E-state index contributed by atoms with van der Waals surface area (Å²) in [5, 5.41) is 0. The molecule has 86 valence electrons. The summed E-state index contributed by atoms with van der Waals surface area (Å²) in [6, 6.07) is 0. The standard InChI is InChI=1S/C9H23O3PSi/c1-7-9(8-2)11-13(3,10)12-14(4,5)6/h9H,7-8H2,1-6H3. The van der Waals surface area contributed by atoms with E-state index in [2.05, 4.69) is 0 Å². The van der Waals surface area contributed by atoms with Crippen LogP contribution >= 0.6 is 7.60 Å². The Morgan fingerprint density at radius 2 is 1.64 bits per heavy atom. The third-order valence-electron chi connectivity index (χ3n) is 1.69.